The summed E-state index contributed by atoms with van der Waals surface area (Å²) in [5, 5.41) is 0. The fourth-order valence-electron chi connectivity index (χ4n) is 2.46. The van der Waals surface area contributed by atoms with Crippen LogP contribution in [0.3, 0.4) is 0 Å². The molecule has 0 atom stereocenters. The van der Waals surface area contributed by atoms with Crippen LogP contribution < -0.4 is 5.73 Å². The van der Waals surface area contributed by atoms with Crippen molar-refractivity contribution in [2.75, 3.05) is 40.3 Å². The normalized spacial score (nSPS) is 25.9. The van der Waals surface area contributed by atoms with Crippen LogP contribution in [0.2, 0.25) is 0 Å². The molecule has 1 saturated carbocycles. The predicted molar refractivity (Wildman–Crippen MR) is 61.4 cm³/mol. The monoisotopic (exact) mass is 199 g/mol. The van der Waals surface area contributed by atoms with Gasteiger partial charge < -0.3 is 10.6 Å². The number of likely N-dealkylation sites (N-methyl/N-ethyl adjacent to an activating group) is 1. The molecule has 0 bridgehead atoms. The SMILES string of the molecule is CN.CN1CCN(C2CCCC2)CC1. The lowest BCUT2D eigenvalue weighted by Crippen LogP contribution is -2.48. The van der Waals surface area contributed by atoms with Gasteiger partial charge in [0.15, 0.2) is 0 Å². The average molecular weight is 199 g/mol. The third-order valence-electron chi connectivity index (χ3n) is 3.38. The molecule has 3 heteroatoms. The summed E-state index contributed by atoms with van der Waals surface area (Å²) in [5.74, 6) is 0. The highest BCUT2D eigenvalue weighted by molar-refractivity contribution is 4.80. The molecule has 1 aliphatic carbocycles. The van der Waals surface area contributed by atoms with Gasteiger partial charge in [0.2, 0.25) is 0 Å². The van der Waals surface area contributed by atoms with E-state index < -0.39 is 0 Å². The fourth-order valence-corrected chi connectivity index (χ4v) is 2.46. The summed E-state index contributed by atoms with van der Waals surface area (Å²) in [4.78, 5) is 5.14. The second-order valence-electron chi connectivity index (χ2n) is 4.28. The van der Waals surface area contributed by atoms with Gasteiger partial charge in [-0.1, -0.05) is 12.8 Å². The number of nitrogens with two attached hydrogens (primary N) is 1. The van der Waals surface area contributed by atoms with Crippen molar-refractivity contribution in [3.8, 4) is 0 Å². The van der Waals surface area contributed by atoms with Crippen molar-refractivity contribution >= 4 is 0 Å². The molecular weight excluding hydrogens is 174 g/mol. The van der Waals surface area contributed by atoms with Gasteiger partial charge in [-0.15, -0.1) is 0 Å². The first kappa shape index (κ1) is 12.0. The van der Waals surface area contributed by atoms with Gasteiger partial charge in [0.1, 0.15) is 0 Å². The zero-order valence-electron chi connectivity index (χ0n) is 9.71. The molecule has 2 rings (SSSR count). The number of nitrogens with zero attached hydrogens (tertiary/aromatic N) is 2. The molecule has 84 valence electrons. The van der Waals surface area contributed by atoms with E-state index in [-0.39, 0.29) is 0 Å². The summed E-state index contributed by atoms with van der Waals surface area (Å²) in [6.07, 6.45) is 5.86. The van der Waals surface area contributed by atoms with Gasteiger partial charge in [-0.3, -0.25) is 4.90 Å². The van der Waals surface area contributed by atoms with Crippen molar-refractivity contribution in [3.63, 3.8) is 0 Å². The smallest absolute Gasteiger partial charge is 0.0113 e. The Morgan fingerprint density at radius 2 is 1.43 bits per heavy atom. The lowest BCUT2D eigenvalue weighted by molar-refractivity contribution is 0.114. The minimum atomic E-state index is 0.943. The Bertz CT molecular complexity index is 135. The summed E-state index contributed by atoms with van der Waals surface area (Å²) < 4.78 is 0. The third kappa shape index (κ3) is 3.23. The minimum absolute atomic E-state index is 0.943. The van der Waals surface area contributed by atoms with Crippen LogP contribution in [-0.2, 0) is 0 Å². The van der Waals surface area contributed by atoms with E-state index in [1.807, 2.05) is 0 Å². The first-order chi connectivity index (χ1) is 6.86. The molecule has 2 N–H and O–H groups in total. The van der Waals surface area contributed by atoms with Gasteiger partial charge in [0.05, 0.1) is 0 Å². The largest absolute Gasteiger partial charge is 0.333 e. The summed E-state index contributed by atoms with van der Waals surface area (Å²) in [6, 6.07) is 0.943. The predicted octanol–water partition coefficient (Wildman–Crippen LogP) is 0.751. The third-order valence-corrected chi connectivity index (χ3v) is 3.38. The van der Waals surface area contributed by atoms with E-state index in [1.165, 1.54) is 58.9 Å². The Morgan fingerprint density at radius 1 is 0.929 bits per heavy atom. The quantitative estimate of drug-likeness (QED) is 0.676. The Morgan fingerprint density at radius 3 is 1.93 bits per heavy atom. The minimum Gasteiger partial charge on any atom is -0.333 e. The maximum absolute atomic E-state index is 4.50. The van der Waals surface area contributed by atoms with E-state index in [1.54, 1.807) is 0 Å². The van der Waals surface area contributed by atoms with E-state index >= 15 is 0 Å². The molecule has 2 aliphatic rings. The van der Waals surface area contributed by atoms with E-state index in [9.17, 15) is 0 Å². The molecule has 2 fully saturated rings. The van der Waals surface area contributed by atoms with E-state index in [2.05, 4.69) is 22.6 Å². The second kappa shape index (κ2) is 6.38. The van der Waals surface area contributed by atoms with Crippen molar-refractivity contribution < 1.29 is 0 Å². The molecule has 0 amide bonds. The second-order valence-corrected chi connectivity index (χ2v) is 4.28. The summed E-state index contributed by atoms with van der Waals surface area (Å²) >= 11 is 0. The van der Waals surface area contributed by atoms with Crippen molar-refractivity contribution in [2.24, 2.45) is 5.73 Å². The molecule has 0 aromatic heterocycles. The highest BCUT2D eigenvalue weighted by Gasteiger charge is 2.24. The van der Waals surface area contributed by atoms with Crippen LogP contribution in [0, 0.1) is 0 Å². The molecule has 1 saturated heterocycles. The topological polar surface area (TPSA) is 32.5 Å². The van der Waals surface area contributed by atoms with Crippen molar-refractivity contribution in [1.82, 2.24) is 9.80 Å². The van der Waals surface area contributed by atoms with Crippen LogP contribution in [-0.4, -0.2) is 56.1 Å². The van der Waals surface area contributed by atoms with Gasteiger partial charge in [0, 0.05) is 32.2 Å². The van der Waals surface area contributed by atoms with Gasteiger partial charge in [-0.05, 0) is 26.9 Å². The number of piperazine rings is 1. The van der Waals surface area contributed by atoms with Crippen LogP contribution in [0.4, 0.5) is 0 Å². The molecule has 0 aromatic carbocycles. The maximum Gasteiger partial charge on any atom is 0.0113 e. The average Bonchev–Trinajstić information content (AvgIpc) is 2.75. The molecule has 14 heavy (non-hydrogen) atoms. The Balaban J connectivity index is 0.000000461. The van der Waals surface area contributed by atoms with Crippen LogP contribution in [0.5, 0.6) is 0 Å². The summed E-state index contributed by atoms with van der Waals surface area (Å²) in [7, 11) is 3.73. The van der Waals surface area contributed by atoms with Gasteiger partial charge in [-0.2, -0.15) is 0 Å². The molecule has 0 radical (unpaired) electrons. The molecule has 1 heterocycles. The Labute approximate surface area is 88.2 Å². The number of rotatable bonds is 1. The Hall–Kier alpha value is -0.120. The first-order valence-electron chi connectivity index (χ1n) is 5.86. The van der Waals surface area contributed by atoms with Crippen molar-refractivity contribution in [2.45, 2.75) is 31.7 Å². The lowest BCUT2D eigenvalue weighted by atomic mass is 10.2. The summed E-state index contributed by atoms with van der Waals surface area (Å²) in [6.45, 7) is 5.16. The molecule has 0 spiro atoms. The standard InChI is InChI=1S/C10H20N2.CH5N/c1-11-6-8-12(9-7-11)10-4-2-3-5-10;1-2/h10H,2-9H2,1H3;2H2,1H3. The van der Waals surface area contributed by atoms with Gasteiger partial charge in [-0.25, -0.2) is 0 Å². The van der Waals surface area contributed by atoms with E-state index in [4.69, 9.17) is 0 Å². The van der Waals surface area contributed by atoms with Crippen LogP contribution in [0.15, 0.2) is 0 Å². The van der Waals surface area contributed by atoms with Crippen molar-refractivity contribution in [1.29, 1.82) is 0 Å². The van der Waals surface area contributed by atoms with E-state index in [0.29, 0.717) is 0 Å². The number of hydrogen-bond acceptors (Lipinski definition) is 3. The molecule has 0 unspecified atom stereocenters. The fraction of sp³-hybridized carbons (Fsp3) is 1.00. The highest BCUT2D eigenvalue weighted by atomic mass is 15.3. The van der Waals surface area contributed by atoms with Gasteiger partial charge >= 0.3 is 0 Å². The molecular formula is C11H25N3. The van der Waals surface area contributed by atoms with Crippen LogP contribution in [0.1, 0.15) is 25.7 Å². The van der Waals surface area contributed by atoms with Crippen LogP contribution >= 0.6 is 0 Å². The Kier molecular flexibility index (Phi) is 5.45. The highest BCUT2D eigenvalue weighted by Crippen LogP contribution is 2.23. The zero-order valence-corrected chi connectivity index (χ0v) is 9.71. The summed E-state index contributed by atoms with van der Waals surface area (Å²) in [5.41, 5.74) is 4.50. The molecule has 3 nitrogen and oxygen atoms in total. The molecule has 1 aliphatic heterocycles. The number of hydrogen-bond donors (Lipinski definition) is 1. The van der Waals surface area contributed by atoms with Crippen molar-refractivity contribution in [3.05, 3.63) is 0 Å². The van der Waals surface area contributed by atoms with Gasteiger partial charge in [0.25, 0.3) is 0 Å². The lowest BCUT2D eigenvalue weighted by Gasteiger charge is -2.36. The zero-order chi connectivity index (χ0) is 10.4. The maximum atomic E-state index is 4.50. The first-order valence-corrected chi connectivity index (χ1v) is 5.86. The van der Waals surface area contributed by atoms with Crippen LogP contribution in [0.25, 0.3) is 0 Å². The van der Waals surface area contributed by atoms with E-state index in [0.717, 1.165) is 6.04 Å². The molecule has 0 aromatic rings.